The largest absolute Gasteiger partial charge is 0.466 e. The Morgan fingerprint density at radius 1 is 1.15 bits per heavy atom. The molecule has 0 radical (unpaired) electrons. The van der Waals surface area contributed by atoms with Crippen molar-refractivity contribution < 1.29 is 42.8 Å². The molecule has 2 rings (SSSR count). The van der Waals surface area contributed by atoms with Crippen molar-refractivity contribution in [1.82, 2.24) is 0 Å². The van der Waals surface area contributed by atoms with Crippen LogP contribution in [0.4, 0.5) is 0 Å². The number of Topliss-reactive ketones (excluding diaryl/α,β-unsaturated/α-hetero) is 1. The molecule has 0 aromatic heterocycles. The highest BCUT2D eigenvalue weighted by atomic mass is 16.7. The Bertz CT molecular complexity index is 1050. The van der Waals surface area contributed by atoms with Gasteiger partial charge in [-0.3, -0.25) is 9.59 Å². The standard InChI is InChI=1S/C31H44O9/c1-10-30(6,7)31(36-9)27(33)23(17-26(32)35-8)16-24(40-31)18-25(39-28(34)29(3,4)5)21(2)38-20-37-19-22-14-12-11-13-15-22/h10-15,17,21,24-25H,1,16,18-20H2,2-9H3/b23-17+/t21-,24+,25-,31-/m1/s1. The van der Waals surface area contributed by atoms with Crippen LogP contribution >= 0.6 is 0 Å². The molecule has 9 nitrogen and oxygen atoms in total. The Hall–Kier alpha value is -2.85. The number of benzene rings is 1. The topological polar surface area (TPSA) is 107 Å². The van der Waals surface area contributed by atoms with E-state index in [0.29, 0.717) is 6.61 Å². The highest BCUT2D eigenvalue weighted by molar-refractivity contribution is 6.06. The lowest BCUT2D eigenvalue weighted by Gasteiger charge is -2.48. The fourth-order valence-corrected chi connectivity index (χ4v) is 4.22. The number of esters is 2. The van der Waals surface area contributed by atoms with Crippen molar-refractivity contribution in [2.75, 3.05) is 21.0 Å². The van der Waals surface area contributed by atoms with Crippen molar-refractivity contribution in [3.63, 3.8) is 0 Å². The summed E-state index contributed by atoms with van der Waals surface area (Å²) in [5.41, 5.74) is -0.555. The Morgan fingerprint density at radius 3 is 2.35 bits per heavy atom. The zero-order valence-corrected chi connectivity index (χ0v) is 25.0. The molecule has 40 heavy (non-hydrogen) atoms. The van der Waals surface area contributed by atoms with E-state index in [2.05, 4.69) is 6.58 Å². The minimum absolute atomic E-state index is 0.0252. The molecule has 1 saturated heterocycles. The van der Waals surface area contributed by atoms with E-state index in [-0.39, 0.29) is 25.2 Å². The second kappa shape index (κ2) is 14.2. The van der Waals surface area contributed by atoms with Crippen molar-refractivity contribution in [1.29, 1.82) is 0 Å². The molecule has 4 atom stereocenters. The molecular weight excluding hydrogens is 516 g/mol. The molecule has 0 aliphatic carbocycles. The van der Waals surface area contributed by atoms with E-state index < -0.39 is 52.7 Å². The van der Waals surface area contributed by atoms with Crippen LogP contribution in [0.25, 0.3) is 0 Å². The Morgan fingerprint density at radius 2 is 1.80 bits per heavy atom. The van der Waals surface area contributed by atoms with Gasteiger partial charge in [0.1, 0.15) is 12.9 Å². The van der Waals surface area contributed by atoms with Gasteiger partial charge < -0.3 is 28.4 Å². The van der Waals surface area contributed by atoms with E-state index in [0.717, 1.165) is 11.6 Å². The maximum Gasteiger partial charge on any atom is 0.330 e. The molecule has 1 aromatic carbocycles. The third-order valence-electron chi connectivity index (χ3n) is 6.93. The lowest BCUT2D eigenvalue weighted by Crippen LogP contribution is -2.60. The maximum atomic E-state index is 13.6. The van der Waals surface area contributed by atoms with Crippen LogP contribution in [0.5, 0.6) is 0 Å². The van der Waals surface area contributed by atoms with Crippen molar-refractivity contribution >= 4 is 17.7 Å². The summed E-state index contributed by atoms with van der Waals surface area (Å²) in [5, 5.41) is 0. The van der Waals surface area contributed by atoms with Crippen molar-refractivity contribution in [3.05, 3.63) is 60.2 Å². The van der Waals surface area contributed by atoms with Gasteiger partial charge in [-0.25, -0.2) is 4.79 Å². The molecule has 1 aromatic rings. The summed E-state index contributed by atoms with van der Waals surface area (Å²) in [6.45, 7) is 14.8. The van der Waals surface area contributed by atoms with Gasteiger partial charge in [0.2, 0.25) is 11.6 Å². The van der Waals surface area contributed by atoms with Crippen LogP contribution in [0, 0.1) is 10.8 Å². The monoisotopic (exact) mass is 560 g/mol. The number of carbonyl (C=O) groups is 3. The normalized spacial score (nSPS) is 22.4. The average Bonchev–Trinajstić information content (AvgIpc) is 2.91. The van der Waals surface area contributed by atoms with Gasteiger partial charge in [0.05, 0.1) is 31.3 Å². The van der Waals surface area contributed by atoms with E-state index in [1.807, 2.05) is 30.3 Å². The third kappa shape index (κ3) is 8.33. The average molecular weight is 561 g/mol. The number of hydrogen-bond acceptors (Lipinski definition) is 9. The van der Waals surface area contributed by atoms with E-state index in [1.54, 1.807) is 47.6 Å². The lowest BCUT2D eigenvalue weighted by atomic mass is 9.75. The van der Waals surface area contributed by atoms with Crippen LogP contribution in [0.3, 0.4) is 0 Å². The number of methoxy groups -OCH3 is 2. The molecule has 0 bridgehead atoms. The van der Waals surface area contributed by atoms with Crippen molar-refractivity contribution in [2.45, 2.75) is 85.1 Å². The molecule has 0 unspecified atom stereocenters. The number of carbonyl (C=O) groups excluding carboxylic acids is 3. The summed E-state index contributed by atoms with van der Waals surface area (Å²) in [7, 11) is 2.60. The second-order valence-corrected chi connectivity index (χ2v) is 11.5. The lowest BCUT2D eigenvalue weighted by molar-refractivity contribution is -0.280. The molecule has 1 aliphatic rings. The zero-order valence-electron chi connectivity index (χ0n) is 25.0. The van der Waals surface area contributed by atoms with Crippen molar-refractivity contribution in [3.8, 4) is 0 Å². The molecule has 0 amide bonds. The highest BCUT2D eigenvalue weighted by Crippen LogP contribution is 2.44. The molecule has 9 heteroatoms. The van der Waals surface area contributed by atoms with Gasteiger partial charge in [0.15, 0.2) is 0 Å². The molecular formula is C31H44O9. The van der Waals surface area contributed by atoms with Crippen LogP contribution in [0.15, 0.2) is 54.6 Å². The van der Waals surface area contributed by atoms with Gasteiger partial charge in [0, 0.05) is 37.0 Å². The van der Waals surface area contributed by atoms with Crippen LogP contribution < -0.4 is 0 Å². The predicted molar refractivity (Wildman–Crippen MR) is 149 cm³/mol. The highest BCUT2D eigenvalue weighted by Gasteiger charge is 2.57. The number of rotatable bonds is 13. The summed E-state index contributed by atoms with van der Waals surface area (Å²) < 4.78 is 34.4. The van der Waals surface area contributed by atoms with Gasteiger partial charge in [-0.15, -0.1) is 6.58 Å². The maximum absolute atomic E-state index is 13.6. The zero-order chi connectivity index (χ0) is 30.1. The van der Waals surface area contributed by atoms with E-state index >= 15 is 0 Å². The first-order valence-electron chi connectivity index (χ1n) is 13.3. The molecule has 0 spiro atoms. The van der Waals surface area contributed by atoms with Crippen LogP contribution in [-0.2, 0) is 49.4 Å². The van der Waals surface area contributed by atoms with Gasteiger partial charge in [0.25, 0.3) is 0 Å². The second-order valence-electron chi connectivity index (χ2n) is 11.5. The predicted octanol–water partition coefficient (Wildman–Crippen LogP) is 4.93. The van der Waals surface area contributed by atoms with E-state index in [1.165, 1.54) is 14.2 Å². The SMILES string of the molecule is C=CC(C)(C)[C@]1(OC)O[C@H](C[C@@H](OC(=O)C(C)(C)C)[C@@H](C)OCOCc2ccccc2)C/C(=C\C(=O)OC)C1=O. The fourth-order valence-electron chi connectivity index (χ4n) is 4.22. The summed E-state index contributed by atoms with van der Waals surface area (Å²) in [6, 6.07) is 9.68. The Labute approximate surface area is 237 Å². The summed E-state index contributed by atoms with van der Waals surface area (Å²) in [4.78, 5) is 38.6. The molecule has 1 aliphatic heterocycles. The van der Waals surface area contributed by atoms with Crippen LogP contribution in [0.1, 0.15) is 59.9 Å². The molecule has 0 saturated carbocycles. The Kier molecular flexibility index (Phi) is 11.8. The fraction of sp³-hybridized carbons (Fsp3) is 0.581. The Balaban J connectivity index is 2.31. The quantitative estimate of drug-likeness (QED) is 0.109. The molecule has 1 heterocycles. The first kappa shape index (κ1) is 33.4. The molecule has 222 valence electrons. The first-order chi connectivity index (χ1) is 18.7. The minimum atomic E-state index is -1.76. The smallest absolute Gasteiger partial charge is 0.330 e. The third-order valence-corrected chi connectivity index (χ3v) is 6.93. The number of ketones is 1. The number of ether oxygens (including phenoxy) is 6. The van der Waals surface area contributed by atoms with Gasteiger partial charge in [-0.2, -0.15) is 0 Å². The summed E-state index contributed by atoms with van der Waals surface area (Å²) >= 11 is 0. The number of hydrogen-bond donors (Lipinski definition) is 0. The van der Waals surface area contributed by atoms with Crippen LogP contribution in [0.2, 0.25) is 0 Å². The minimum Gasteiger partial charge on any atom is -0.466 e. The van der Waals surface area contributed by atoms with Crippen molar-refractivity contribution in [2.24, 2.45) is 10.8 Å². The molecule has 1 fully saturated rings. The van der Waals surface area contributed by atoms with Gasteiger partial charge in [-0.05, 0) is 33.3 Å². The van der Waals surface area contributed by atoms with Gasteiger partial charge >= 0.3 is 11.9 Å². The molecule has 0 N–H and O–H groups in total. The first-order valence-corrected chi connectivity index (χ1v) is 13.3. The summed E-state index contributed by atoms with van der Waals surface area (Å²) in [6.07, 6.45) is 0.935. The van der Waals surface area contributed by atoms with E-state index in [9.17, 15) is 14.4 Å². The van der Waals surface area contributed by atoms with Crippen LogP contribution in [-0.4, -0.2) is 62.8 Å². The van der Waals surface area contributed by atoms with E-state index in [4.69, 9.17) is 28.4 Å². The van der Waals surface area contributed by atoms with Gasteiger partial charge in [-0.1, -0.05) is 50.3 Å². The summed E-state index contributed by atoms with van der Waals surface area (Å²) in [5.74, 6) is -3.35.